The molecule has 2 bridgehead atoms. The van der Waals surface area contributed by atoms with Crippen molar-refractivity contribution < 1.29 is 4.79 Å². The van der Waals surface area contributed by atoms with Crippen molar-refractivity contribution >= 4 is 18.3 Å². The third-order valence-electron chi connectivity index (χ3n) is 5.18. The molecule has 1 aromatic carbocycles. The first-order valence-electron chi connectivity index (χ1n) is 8.25. The number of carbonyl (C=O) groups is 1. The number of likely N-dealkylation sites (N-methyl/N-ethyl adjacent to an activating group) is 1. The third-order valence-corrected chi connectivity index (χ3v) is 5.18. The zero-order chi connectivity index (χ0) is 14.8. The van der Waals surface area contributed by atoms with E-state index in [1.807, 2.05) is 11.9 Å². The lowest BCUT2D eigenvalue weighted by Gasteiger charge is -2.35. The van der Waals surface area contributed by atoms with Crippen LogP contribution in [0.4, 0.5) is 0 Å². The molecule has 0 radical (unpaired) electrons. The lowest BCUT2D eigenvalue weighted by atomic mass is 9.98. The number of piperidine rings is 1. The first-order chi connectivity index (χ1) is 10.2. The van der Waals surface area contributed by atoms with Gasteiger partial charge in [0.2, 0.25) is 5.91 Å². The van der Waals surface area contributed by atoms with E-state index < -0.39 is 0 Å². The summed E-state index contributed by atoms with van der Waals surface area (Å²) >= 11 is 0. The molecule has 0 aliphatic carbocycles. The molecule has 122 valence electrons. The van der Waals surface area contributed by atoms with Gasteiger partial charge in [0.1, 0.15) is 0 Å². The molecule has 2 atom stereocenters. The molecule has 4 heteroatoms. The molecule has 0 saturated carbocycles. The van der Waals surface area contributed by atoms with Gasteiger partial charge in [0.15, 0.2) is 0 Å². The van der Waals surface area contributed by atoms with Crippen LogP contribution < -0.4 is 5.32 Å². The topological polar surface area (TPSA) is 32.3 Å². The Bertz CT molecular complexity index is 490. The van der Waals surface area contributed by atoms with Gasteiger partial charge in [-0.1, -0.05) is 31.2 Å². The Kier molecular flexibility index (Phi) is 5.87. The molecule has 1 amide bonds. The Morgan fingerprint density at radius 3 is 2.23 bits per heavy atom. The number of amides is 1. The van der Waals surface area contributed by atoms with E-state index in [4.69, 9.17) is 0 Å². The minimum atomic E-state index is 0. The number of hydrogen-bond acceptors (Lipinski definition) is 2. The lowest BCUT2D eigenvalue weighted by Crippen LogP contribution is -2.49. The Morgan fingerprint density at radius 1 is 1.14 bits per heavy atom. The maximum atomic E-state index is 12.5. The van der Waals surface area contributed by atoms with Crippen LogP contribution in [0.3, 0.4) is 0 Å². The molecule has 2 aliphatic rings. The highest BCUT2D eigenvalue weighted by Gasteiger charge is 2.36. The lowest BCUT2D eigenvalue weighted by molar-refractivity contribution is -0.131. The first-order valence-corrected chi connectivity index (χ1v) is 8.25. The first kappa shape index (κ1) is 17.3. The van der Waals surface area contributed by atoms with E-state index >= 15 is 0 Å². The van der Waals surface area contributed by atoms with Crippen molar-refractivity contribution in [2.45, 2.75) is 63.6 Å². The number of nitrogens with zero attached hydrogens (tertiary/aromatic N) is 1. The van der Waals surface area contributed by atoms with Crippen LogP contribution >= 0.6 is 12.4 Å². The van der Waals surface area contributed by atoms with Crippen LogP contribution in [0, 0.1) is 0 Å². The van der Waals surface area contributed by atoms with Gasteiger partial charge in [-0.05, 0) is 43.2 Å². The highest BCUT2D eigenvalue weighted by molar-refractivity contribution is 5.85. The summed E-state index contributed by atoms with van der Waals surface area (Å²) in [6, 6.07) is 10.1. The number of hydrogen-bond donors (Lipinski definition) is 1. The second kappa shape index (κ2) is 7.47. The van der Waals surface area contributed by atoms with Crippen molar-refractivity contribution in [2.75, 3.05) is 7.05 Å². The van der Waals surface area contributed by atoms with Gasteiger partial charge in [-0.2, -0.15) is 0 Å². The van der Waals surface area contributed by atoms with Crippen LogP contribution in [0.15, 0.2) is 24.3 Å². The minimum Gasteiger partial charge on any atom is -0.342 e. The summed E-state index contributed by atoms with van der Waals surface area (Å²) in [4.78, 5) is 14.5. The van der Waals surface area contributed by atoms with Crippen LogP contribution in [0.5, 0.6) is 0 Å². The molecular formula is C18H27ClN2O. The van der Waals surface area contributed by atoms with Gasteiger partial charge in [0.25, 0.3) is 0 Å². The number of fused-ring (bicyclic) bond motifs is 2. The molecule has 2 heterocycles. The van der Waals surface area contributed by atoms with Crippen LogP contribution in [-0.2, 0) is 17.6 Å². The summed E-state index contributed by atoms with van der Waals surface area (Å²) in [5.41, 5.74) is 2.45. The van der Waals surface area contributed by atoms with Gasteiger partial charge in [-0.3, -0.25) is 4.79 Å². The summed E-state index contributed by atoms with van der Waals surface area (Å²) in [7, 11) is 1.98. The Hall–Kier alpha value is -1.06. The van der Waals surface area contributed by atoms with Crippen molar-refractivity contribution in [3.63, 3.8) is 0 Å². The molecule has 2 aliphatic heterocycles. The normalized spacial score (nSPS) is 26.4. The maximum Gasteiger partial charge on any atom is 0.226 e. The van der Waals surface area contributed by atoms with E-state index in [2.05, 4.69) is 36.5 Å². The molecule has 3 rings (SSSR count). The Morgan fingerprint density at radius 2 is 1.68 bits per heavy atom. The van der Waals surface area contributed by atoms with Crippen LogP contribution in [0.1, 0.15) is 43.7 Å². The number of carbonyl (C=O) groups excluding carboxylic acids is 1. The van der Waals surface area contributed by atoms with Crippen molar-refractivity contribution in [3.05, 3.63) is 35.4 Å². The summed E-state index contributed by atoms with van der Waals surface area (Å²) in [6.07, 6.45) is 6.37. The zero-order valence-electron chi connectivity index (χ0n) is 13.5. The Labute approximate surface area is 139 Å². The van der Waals surface area contributed by atoms with Crippen molar-refractivity contribution in [2.24, 2.45) is 0 Å². The largest absolute Gasteiger partial charge is 0.342 e. The van der Waals surface area contributed by atoms with Crippen LogP contribution in [0.25, 0.3) is 0 Å². The standard InChI is InChI=1S/C18H26N2O.ClH/c1-3-13-4-6-14(7-5-13)10-18(21)20(2)17-11-15-8-9-16(12-17)19-15;/h4-7,15-17,19H,3,8-12H2,1-2H3;1H. The molecule has 3 nitrogen and oxygen atoms in total. The fraction of sp³-hybridized carbons (Fsp3) is 0.611. The van der Waals surface area contributed by atoms with Crippen molar-refractivity contribution in [3.8, 4) is 0 Å². The highest BCUT2D eigenvalue weighted by Crippen LogP contribution is 2.29. The van der Waals surface area contributed by atoms with E-state index in [0.29, 0.717) is 24.5 Å². The fourth-order valence-electron chi connectivity index (χ4n) is 3.74. The fourth-order valence-corrected chi connectivity index (χ4v) is 3.74. The summed E-state index contributed by atoms with van der Waals surface area (Å²) in [6.45, 7) is 2.15. The van der Waals surface area contributed by atoms with E-state index in [1.165, 1.54) is 18.4 Å². The number of benzene rings is 1. The molecule has 1 aromatic rings. The third kappa shape index (κ3) is 3.82. The predicted molar refractivity (Wildman–Crippen MR) is 92.5 cm³/mol. The van der Waals surface area contributed by atoms with E-state index in [0.717, 1.165) is 24.8 Å². The van der Waals surface area contributed by atoms with Gasteiger partial charge in [-0.25, -0.2) is 0 Å². The van der Waals surface area contributed by atoms with Gasteiger partial charge in [-0.15, -0.1) is 12.4 Å². The van der Waals surface area contributed by atoms with E-state index in [1.54, 1.807) is 0 Å². The molecule has 2 unspecified atom stereocenters. The molecule has 2 saturated heterocycles. The second-order valence-corrected chi connectivity index (χ2v) is 6.61. The van der Waals surface area contributed by atoms with Crippen molar-refractivity contribution in [1.82, 2.24) is 10.2 Å². The number of aryl methyl sites for hydroxylation is 1. The maximum absolute atomic E-state index is 12.5. The quantitative estimate of drug-likeness (QED) is 0.924. The SMILES string of the molecule is CCc1ccc(CC(=O)N(C)C2CC3CCC(C2)N3)cc1.Cl. The monoisotopic (exact) mass is 322 g/mol. The number of halogens is 1. The van der Waals surface area contributed by atoms with E-state index in [9.17, 15) is 4.79 Å². The van der Waals surface area contributed by atoms with Gasteiger partial charge < -0.3 is 10.2 Å². The molecule has 0 spiro atoms. The highest BCUT2D eigenvalue weighted by atomic mass is 35.5. The number of rotatable bonds is 4. The average molecular weight is 323 g/mol. The Balaban J connectivity index is 0.00000176. The van der Waals surface area contributed by atoms with Crippen LogP contribution in [0.2, 0.25) is 0 Å². The van der Waals surface area contributed by atoms with E-state index in [-0.39, 0.29) is 18.3 Å². The van der Waals surface area contributed by atoms with Crippen LogP contribution in [-0.4, -0.2) is 36.0 Å². The van der Waals surface area contributed by atoms with Gasteiger partial charge >= 0.3 is 0 Å². The summed E-state index contributed by atoms with van der Waals surface area (Å²) in [5.74, 6) is 0.255. The average Bonchev–Trinajstić information content (AvgIpc) is 2.85. The molecular weight excluding hydrogens is 296 g/mol. The molecule has 0 aromatic heterocycles. The zero-order valence-corrected chi connectivity index (χ0v) is 14.4. The molecule has 1 N–H and O–H groups in total. The number of nitrogens with one attached hydrogen (secondary N) is 1. The van der Waals surface area contributed by atoms with Crippen molar-refractivity contribution in [1.29, 1.82) is 0 Å². The van der Waals surface area contributed by atoms with Gasteiger partial charge in [0, 0.05) is 25.2 Å². The molecule has 2 fully saturated rings. The van der Waals surface area contributed by atoms with Gasteiger partial charge in [0.05, 0.1) is 6.42 Å². The minimum absolute atomic E-state index is 0. The second-order valence-electron chi connectivity index (χ2n) is 6.61. The molecule has 22 heavy (non-hydrogen) atoms. The summed E-state index contributed by atoms with van der Waals surface area (Å²) < 4.78 is 0. The summed E-state index contributed by atoms with van der Waals surface area (Å²) in [5, 5.41) is 3.64. The smallest absolute Gasteiger partial charge is 0.226 e. The predicted octanol–water partition coefficient (Wildman–Crippen LogP) is 2.95.